The van der Waals surface area contributed by atoms with Crippen LogP contribution in [0.2, 0.25) is 0 Å². The lowest BCUT2D eigenvalue weighted by Crippen LogP contribution is -2.49. The van der Waals surface area contributed by atoms with E-state index in [1.54, 1.807) is 20.8 Å². The second-order valence-electron chi connectivity index (χ2n) is 5.24. The Labute approximate surface area is 106 Å². The fourth-order valence-electron chi connectivity index (χ4n) is 1.60. The molecule has 0 N–H and O–H groups in total. The molecule has 0 saturated carbocycles. The van der Waals surface area contributed by atoms with Crippen LogP contribution in [0.4, 0.5) is 4.79 Å². The molecule has 1 rings (SSSR count). The Morgan fingerprint density at radius 3 is 2.44 bits per heavy atom. The number of ether oxygens (including phenoxy) is 2. The van der Waals surface area contributed by atoms with Crippen LogP contribution < -0.4 is 0 Å². The van der Waals surface area contributed by atoms with E-state index in [4.69, 9.17) is 9.47 Å². The highest BCUT2D eigenvalue weighted by molar-refractivity contribution is 5.87. The van der Waals surface area contributed by atoms with Crippen LogP contribution in [0.25, 0.3) is 0 Å². The maximum absolute atomic E-state index is 11.8. The Hall–Kier alpha value is -1.59. The van der Waals surface area contributed by atoms with Crippen LogP contribution in [0.1, 0.15) is 34.1 Å². The van der Waals surface area contributed by atoms with Gasteiger partial charge >= 0.3 is 12.1 Å². The lowest BCUT2D eigenvalue weighted by Gasteiger charge is -2.32. The first-order chi connectivity index (χ1) is 8.19. The lowest BCUT2D eigenvalue weighted by molar-refractivity contribution is -0.156. The molecule has 1 amide bonds. The zero-order valence-corrected chi connectivity index (χ0v) is 11.2. The molecule has 18 heavy (non-hydrogen) atoms. The van der Waals surface area contributed by atoms with Crippen LogP contribution in [0.3, 0.4) is 0 Å². The van der Waals surface area contributed by atoms with Crippen molar-refractivity contribution in [3.8, 4) is 0 Å². The van der Waals surface area contributed by atoms with Gasteiger partial charge in [0.25, 0.3) is 0 Å². The van der Waals surface area contributed by atoms with Crippen molar-refractivity contribution in [2.24, 2.45) is 0 Å². The predicted octanol–water partition coefficient (Wildman–Crippen LogP) is 1.13. The Morgan fingerprint density at radius 1 is 1.33 bits per heavy atom. The van der Waals surface area contributed by atoms with Gasteiger partial charge in [-0.1, -0.05) is 0 Å². The molecule has 0 aromatic heterocycles. The molecule has 6 nitrogen and oxygen atoms in total. The highest BCUT2D eigenvalue weighted by atomic mass is 16.6. The molecule has 102 valence electrons. The van der Waals surface area contributed by atoms with Crippen LogP contribution in [0.15, 0.2) is 0 Å². The first-order valence-corrected chi connectivity index (χ1v) is 5.87. The molecule has 1 fully saturated rings. The molecule has 1 atom stereocenters. The van der Waals surface area contributed by atoms with E-state index in [0.29, 0.717) is 6.54 Å². The SMILES string of the molecule is CC(=O)OC1CN(C(=O)OC(C)(C)C)CCC1=O. The van der Waals surface area contributed by atoms with Crippen molar-refractivity contribution in [3.63, 3.8) is 0 Å². The molecule has 0 radical (unpaired) electrons. The molecular formula is C12H19NO5. The summed E-state index contributed by atoms with van der Waals surface area (Å²) >= 11 is 0. The van der Waals surface area contributed by atoms with E-state index in [2.05, 4.69) is 0 Å². The Morgan fingerprint density at radius 2 is 1.94 bits per heavy atom. The van der Waals surface area contributed by atoms with E-state index in [-0.39, 0.29) is 18.7 Å². The molecule has 1 heterocycles. The highest BCUT2D eigenvalue weighted by Crippen LogP contribution is 2.15. The van der Waals surface area contributed by atoms with Gasteiger partial charge < -0.3 is 14.4 Å². The van der Waals surface area contributed by atoms with Crippen molar-refractivity contribution in [2.45, 2.75) is 45.8 Å². The Balaban J connectivity index is 2.61. The summed E-state index contributed by atoms with van der Waals surface area (Å²) in [6, 6.07) is 0. The molecule has 0 spiro atoms. The van der Waals surface area contributed by atoms with E-state index >= 15 is 0 Å². The van der Waals surface area contributed by atoms with E-state index in [1.807, 2.05) is 0 Å². The summed E-state index contributed by atoms with van der Waals surface area (Å²) in [6.45, 7) is 6.90. The number of likely N-dealkylation sites (tertiary alicyclic amines) is 1. The minimum atomic E-state index is -0.872. The van der Waals surface area contributed by atoms with Gasteiger partial charge in [-0.05, 0) is 20.8 Å². The van der Waals surface area contributed by atoms with Gasteiger partial charge in [0.2, 0.25) is 0 Å². The summed E-state index contributed by atoms with van der Waals surface area (Å²) in [5, 5.41) is 0. The minimum Gasteiger partial charge on any atom is -0.453 e. The molecule has 1 saturated heterocycles. The van der Waals surface area contributed by atoms with E-state index in [1.165, 1.54) is 11.8 Å². The van der Waals surface area contributed by atoms with Gasteiger partial charge in [-0.2, -0.15) is 0 Å². The van der Waals surface area contributed by atoms with Crippen molar-refractivity contribution < 1.29 is 23.9 Å². The van der Waals surface area contributed by atoms with Crippen LogP contribution in [0, 0.1) is 0 Å². The zero-order chi connectivity index (χ0) is 13.9. The number of hydrogen-bond acceptors (Lipinski definition) is 5. The number of Topliss-reactive ketones (excluding diaryl/α,β-unsaturated/α-hetero) is 1. The number of esters is 1. The maximum Gasteiger partial charge on any atom is 0.410 e. The molecule has 0 aliphatic carbocycles. The smallest absolute Gasteiger partial charge is 0.410 e. The molecule has 0 bridgehead atoms. The minimum absolute atomic E-state index is 0.0628. The fourth-order valence-corrected chi connectivity index (χ4v) is 1.60. The largest absolute Gasteiger partial charge is 0.453 e. The number of rotatable bonds is 1. The van der Waals surface area contributed by atoms with Crippen LogP contribution in [-0.2, 0) is 19.1 Å². The Kier molecular flexibility index (Phi) is 4.32. The first-order valence-electron chi connectivity index (χ1n) is 5.87. The quantitative estimate of drug-likeness (QED) is 0.658. The van der Waals surface area contributed by atoms with Gasteiger partial charge in [0.1, 0.15) is 5.60 Å². The second kappa shape index (κ2) is 5.37. The molecule has 0 aromatic rings. The van der Waals surface area contributed by atoms with Gasteiger partial charge in [-0.3, -0.25) is 9.59 Å². The summed E-state index contributed by atoms with van der Waals surface area (Å²) in [4.78, 5) is 35.6. The summed E-state index contributed by atoms with van der Waals surface area (Å²) in [5.41, 5.74) is -0.588. The van der Waals surface area contributed by atoms with Crippen LogP contribution in [0.5, 0.6) is 0 Å². The summed E-state index contributed by atoms with van der Waals surface area (Å²) in [5.74, 6) is -0.690. The molecular weight excluding hydrogens is 238 g/mol. The Bertz CT molecular complexity index is 358. The van der Waals surface area contributed by atoms with Gasteiger partial charge in [0.15, 0.2) is 11.9 Å². The van der Waals surface area contributed by atoms with Crippen molar-refractivity contribution in [2.75, 3.05) is 13.1 Å². The highest BCUT2D eigenvalue weighted by Gasteiger charge is 2.33. The fraction of sp³-hybridized carbons (Fsp3) is 0.750. The third-order valence-corrected chi connectivity index (χ3v) is 2.33. The zero-order valence-electron chi connectivity index (χ0n) is 11.2. The van der Waals surface area contributed by atoms with Gasteiger partial charge in [0.05, 0.1) is 6.54 Å². The number of nitrogens with zero attached hydrogens (tertiary/aromatic N) is 1. The van der Waals surface area contributed by atoms with Gasteiger partial charge in [-0.15, -0.1) is 0 Å². The van der Waals surface area contributed by atoms with E-state index in [0.717, 1.165) is 0 Å². The topological polar surface area (TPSA) is 72.9 Å². The maximum atomic E-state index is 11.8. The number of amides is 1. The summed E-state index contributed by atoms with van der Waals surface area (Å²) in [6.07, 6.45) is -1.19. The van der Waals surface area contributed by atoms with Gasteiger partial charge in [-0.25, -0.2) is 4.79 Å². The molecule has 6 heteroatoms. The van der Waals surface area contributed by atoms with Crippen molar-refractivity contribution >= 4 is 17.8 Å². The first kappa shape index (κ1) is 14.5. The van der Waals surface area contributed by atoms with Crippen molar-refractivity contribution in [1.82, 2.24) is 4.90 Å². The number of ketones is 1. The number of hydrogen-bond donors (Lipinski definition) is 0. The normalized spacial score (nSPS) is 20.6. The van der Waals surface area contributed by atoms with Crippen molar-refractivity contribution in [3.05, 3.63) is 0 Å². The molecule has 1 unspecified atom stereocenters. The van der Waals surface area contributed by atoms with E-state index in [9.17, 15) is 14.4 Å². The predicted molar refractivity (Wildman–Crippen MR) is 63.0 cm³/mol. The second-order valence-corrected chi connectivity index (χ2v) is 5.24. The number of carbonyl (C=O) groups excluding carboxylic acids is 3. The third kappa shape index (κ3) is 4.35. The van der Waals surface area contributed by atoms with Crippen LogP contribution >= 0.6 is 0 Å². The average Bonchev–Trinajstić information content (AvgIpc) is 2.17. The summed E-state index contributed by atoms with van der Waals surface area (Å²) < 4.78 is 10.1. The van der Waals surface area contributed by atoms with E-state index < -0.39 is 23.8 Å². The molecule has 0 aromatic carbocycles. The monoisotopic (exact) mass is 257 g/mol. The average molecular weight is 257 g/mol. The van der Waals surface area contributed by atoms with Gasteiger partial charge in [0, 0.05) is 19.9 Å². The standard InChI is InChI=1S/C12H19NO5/c1-8(14)17-10-7-13(6-5-9(10)15)11(16)18-12(2,3)4/h10H,5-7H2,1-4H3. The van der Waals surface area contributed by atoms with Crippen LogP contribution in [-0.4, -0.2) is 47.5 Å². The number of piperidine rings is 1. The third-order valence-electron chi connectivity index (χ3n) is 2.33. The lowest BCUT2D eigenvalue weighted by atomic mass is 10.1. The van der Waals surface area contributed by atoms with Crippen molar-refractivity contribution in [1.29, 1.82) is 0 Å². The molecule has 1 aliphatic rings. The summed E-state index contributed by atoms with van der Waals surface area (Å²) in [7, 11) is 0. The molecule has 1 aliphatic heterocycles. The number of carbonyl (C=O) groups is 3.